The number of fused-ring (bicyclic) bond motifs is 2. The van der Waals surface area contributed by atoms with Crippen molar-refractivity contribution in [1.29, 1.82) is 0 Å². The van der Waals surface area contributed by atoms with Gasteiger partial charge in [-0.15, -0.1) is 0 Å². The Hall–Kier alpha value is -4.44. The Morgan fingerprint density at radius 1 is 0.639 bits per heavy atom. The maximum Gasteiger partial charge on any atom is 0.258 e. The molecule has 2 amide bonds. The van der Waals surface area contributed by atoms with E-state index in [0.29, 0.717) is 28.0 Å². The molecule has 0 saturated heterocycles. The zero-order valence-electron chi connectivity index (χ0n) is 20.2. The lowest BCUT2D eigenvalue weighted by molar-refractivity contribution is 0.0844. The average Bonchev–Trinajstić information content (AvgIpc) is 2.86. The third-order valence-electron chi connectivity index (χ3n) is 7.38. The van der Waals surface area contributed by atoms with Crippen LogP contribution >= 0.6 is 0 Å². The lowest BCUT2D eigenvalue weighted by Gasteiger charge is -2.23. The van der Waals surface area contributed by atoms with Crippen LogP contribution < -0.4 is 10.1 Å². The molecule has 7 rings (SSSR count). The van der Waals surface area contributed by atoms with E-state index < -0.39 is 5.91 Å². The average molecular weight is 470 g/mol. The summed E-state index contributed by atoms with van der Waals surface area (Å²) in [5, 5.41) is 10.4. The van der Waals surface area contributed by atoms with Gasteiger partial charge in [0.15, 0.2) is 0 Å². The second kappa shape index (κ2) is 7.05. The Kier molecular flexibility index (Phi) is 4.09. The standard InChI is InChI=1S/C32H23NO3/c1-32(2,3)18-10-12-19(13-11-18)36-25-16-24-27-23(30(34)33-31(24)35)15-14-21-20-8-4-6-17-7-5-9-22(26(17)20)28(25)29(21)27/h4-16H,1-3H3,(H,33,34,35). The molecule has 1 N–H and O–H groups in total. The number of hydrogen-bond acceptors (Lipinski definition) is 3. The normalized spacial score (nSPS) is 13.8. The smallest absolute Gasteiger partial charge is 0.258 e. The van der Waals surface area contributed by atoms with Crippen molar-refractivity contribution in [3.63, 3.8) is 0 Å². The molecule has 0 radical (unpaired) electrons. The molecule has 1 aliphatic rings. The third-order valence-corrected chi connectivity index (χ3v) is 7.38. The van der Waals surface area contributed by atoms with Gasteiger partial charge in [0.05, 0.1) is 5.56 Å². The number of hydrogen-bond donors (Lipinski definition) is 1. The van der Waals surface area contributed by atoms with Crippen molar-refractivity contribution in [1.82, 2.24) is 5.32 Å². The fraction of sp³-hybridized carbons (Fsp3) is 0.125. The predicted molar refractivity (Wildman–Crippen MR) is 145 cm³/mol. The first-order valence-electron chi connectivity index (χ1n) is 12.1. The topological polar surface area (TPSA) is 55.4 Å². The molecule has 0 atom stereocenters. The lowest BCUT2D eigenvalue weighted by Crippen LogP contribution is -2.34. The van der Waals surface area contributed by atoms with E-state index in [0.717, 1.165) is 37.7 Å². The molecule has 1 heterocycles. The molecular weight excluding hydrogens is 446 g/mol. The minimum atomic E-state index is -0.402. The SMILES string of the molecule is CC(C)(C)c1ccc(Oc2cc3c4c(ccc5c6cccc7cccc(c2c45)c76)C(=O)NC3=O)cc1. The van der Waals surface area contributed by atoms with Crippen molar-refractivity contribution in [3.05, 3.63) is 95.6 Å². The Balaban J connectivity index is 1.61. The first-order chi connectivity index (χ1) is 17.3. The van der Waals surface area contributed by atoms with Crippen LogP contribution in [0.15, 0.2) is 78.9 Å². The summed E-state index contributed by atoms with van der Waals surface area (Å²) in [6.07, 6.45) is 0. The largest absolute Gasteiger partial charge is 0.457 e. The van der Waals surface area contributed by atoms with E-state index in [4.69, 9.17) is 4.74 Å². The van der Waals surface area contributed by atoms with Crippen molar-refractivity contribution in [2.24, 2.45) is 0 Å². The number of rotatable bonds is 2. The predicted octanol–water partition coefficient (Wildman–Crippen LogP) is 7.71. The molecular formula is C32H23NO3. The Labute approximate surface area is 207 Å². The van der Waals surface area contributed by atoms with E-state index >= 15 is 0 Å². The van der Waals surface area contributed by atoms with Gasteiger partial charge in [0.25, 0.3) is 11.8 Å². The number of imide groups is 1. The molecule has 36 heavy (non-hydrogen) atoms. The highest BCUT2D eigenvalue weighted by Gasteiger charge is 2.29. The summed E-state index contributed by atoms with van der Waals surface area (Å²) in [5.74, 6) is 0.530. The summed E-state index contributed by atoms with van der Waals surface area (Å²) in [7, 11) is 0. The van der Waals surface area contributed by atoms with Crippen LogP contribution in [0.3, 0.4) is 0 Å². The fourth-order valence-electron chi connectivity index (χ4n) is 5.64. The summed E-state index contributed by atoms with van der Waals surface area (Å²) >= 11 is 0. The molecule has 4 nitrogen and oxygen atoms in total. The van der Waals surface area contributed by atoms with E-state index in [1.54, 1.807) is 6.07 Å². The van der Waals surface area contributed by atoms with Crippen LogP contribution in [0.5, 0.6) is 11.5 Å². The Morgan fingerprint density at radius 3 is 2.03 bits per heavy atom. The summed E-state index contributed by atoms with van der Waals surface area (Å²) in [6, 6.07) is 26.2. The minimum Gasteiger partial charge on any atom is -0.457 e. The number of ether oxygens (including phenoxy) is 1. The molecule has 0 unspecified atom stereocenters. The second-order valence-electron chi connectivity index (χ2n) is 10.6. The van der Waals surface area contributed by atoms with Gasteiger partial charge < -0.3 is 4.74 Å². The first kappa shape index (κ1) is 20.9. The van der Waals surface area contributed by atoms with Crippen LogP contribution in [-0.2, 0) is 5.41 Å². The van der Waals surface area contributed by atoms with E-state index in [-0.39, 0.29) is 11.3 Å². The molecule has 0 fully saturated rings. The van der Waals surface area contributed by atoms with Gasteiger partial charge in [-0.25, -0.2) is 0 Å². The molecule has 174 valence electrons. The zero-order chi connectivity index (χ0) is 24.8. The minimum absolute atomic E-state index is 0.0347. The van der Waals surface area contributed by atoms with Crippen LogP contribution in [0.4, 0.5) is 0 Å². The maximum absolute atomic E-state index is 13.0. The van der Waals surface area contributed by atoms with Gasteiger partial charge >= 0.3 is 0 Å². The molecule has 6 aromatic carbocycles. The second-order valence-corrected chi connectivity index (χ2v) is 10.6. The van der Waals surface area contributed by atoms with Crippen LogP contribution in [0.1, 0.15) is 47.1 Å². The molecule has 0 aromatic heterocycles. The van der Waals surface area contributed by atoms with Crippen LogP contribution in [0.2, 0.25) is 0 Å². The van der Waals surface area contributed by atoms with Crippen molar-refractivity contribution in [2.75, 3.05) is 0 Å². The fourth-order valence-corrected chi connectivity index (χ4v) is 5.64. The number of amides is 2. The number of benzene rings is 6. The number of nitrogens with one attached hydrogen (secondary N) is 1. The van der Waals surface area contributed by atoms with E-state index in [1.807, 2.05) is 36.4 Å². The van der Waals surface area contributed by atoms with Gasteiger partial charge in [-0.3, -0.25) is 14.9 Å². The van der Waals surface area contributed by atoms with Gasteiger partial charge in [0, 0.05) is 21.7 Å². The lowest BCUT2D eigenvalue weighted by atomic mass is 9.84. The van der Waals surface area contributed by atoms with E-state index in [9.17, 15) is 9.59 Å². The van der Waals surface area contributed by atoms with Crippen LogP contribution in [0, 0.1) is 0 Å². The number of carbonyl (C=O) groups excluding carboxylic acids is 2. The van der Waals surface area contributed by atoms with Gasteiger partial charge in [-0.05, 0) is 62.2 Å². The molecule has 0 aliphatic carbocycles. The van der Waals surface area contributed by atoms with Gasteiger partial charge in [-0.2, -0.15) is 0 Å². The first-order valence-corrected chi connectivity index (χ1v) is 12.1. The summed E-state index contributed by atoms with van der Waals surface area (Å²) in [5.41, 5.74) is 2.22. The summed E-state index contributed by atoms with van der Waals surface area (Å²) in [4.78, 5) is 25.8. The van der Waals surface area contributed by atoms with Crippen molar-refractivity contribution < 1.29 is 14.3 Å². The highest BCUT2D eigenvalue weighted by atomic mass is 16.5. The van der Waals surface area contributed by atoms with Crippen molar-refractivity contribution in [2.45, 2.75) is 26.2 Å². The third kappa shape index (κ3) is 2.81. The number of carbonyl (C=O) groups is 2. The van der Waals surface area contributed by atoms with E-state index in [2.05, 4.69) is 62.5 Å². The quantitative estimate of drug-likeness (QED) is 0.160. The molecule has 0 spiro atoms. The van der Waals surface area contributed by atoms with E-state index in [1.165, 1.54) is 5.56 Å². The highest BCUT2D eigenvalue weighted by molar-refractivity contribution is 6.39. The molecule has 6 aromatic rings. The van der Waals surface area contributed by atoms with Crippen LogP contribution in [0.25, 0.3) is 43.1 Å². The Bertz CT molecular complexity index is 1890. The van der Waals surface area contributed by atoms with Crippen LogP contribution in [-0.4, -0.2) is 11.8 Å². The summed E-state index contributed by atoms with van der Waals surface area (Å²) < 4.78 is 6.53. The molecule has 1 aliphatic heterocycles. The maximum atomic E-state index is 13.0. The molecule has 0 bridgehead atoms. The Morgan fingerprint density at radius 2 is 1.31 bits per heavy atom. The summed E-state index contributed by atoms with van der Waals surface area (Å²) in [6.45, 7) is 6.54. The highest BCUT2D eigenvalue weighted by Crippen LogP contribution is 2.47. The monoisotopic (exact) mass is 469 g/mol. The van der Waals surface area contributed by atoms with Crippen molar-refractivity contribution in [3.8, 4) is 11.5 Å². The van der Waals surface area contributed by atoms with Gasteiger partial charge in [0.2, 0.25) is 0 Å². The van der Waals surface area contributed by atoms with Gasteiger partial charge in [0.1, 0.15) is 11.5 Å². The zero-order valence-corrected chi connectivity index (χ0v) is 20.2. The van der Waals surface area contributed by atoms with Crippen molar-refractivity contribution >= 4 is 54.9 Å². The molecule has 4 heteroatoms. The van der Waals surface area contributed by atoms with Gasteiger partial charge in [-0.1, -0.05) is 75.4 Å². The molecule has 0 saturated carbocycles.